The average molecular weight is 353 g/mol. The number of nitriles is 1. The normalized spacial score (nSPS) is 10.1. The summed E-state index contributed by atoms with van der Waals surface area (Å²) in [6, 6.07) is 15.9. The zero-order valence-corrected chi connectivity index (χ0v) is 15.5. The van der Waals surface area contributed by atoms with E-state index in [0.717, 1.165) is 39.4 Å². The van der Waals surface area contributed by atoms with Gasteiger partial charge in [0.05, 0.1) is 18.2 Å². The molecule has 0 saturated heterocycles. The number of hydrogen-bond donors (Lipinski definition) is 2. The van der Waals surface area contributed by atoms with E-state index in [4.69, 9.17) is 5.26 Å². The number of para-hydroxylation sites is 1. The predicted octanol–water partition coefficient (Wildman–Crippen LogP) is 3.64. The van der Waals surface area contributed by atoms with Crippen LogP contribution in [0.3, 0.4) is 0 Å². The molecule has 0 heterocycles. The fourth-order valence-electron chi connectivity index (χ4n) is 2.52. The summed E-state index contributed by atoms with van der Waals surface area (Å²) in [5.41, 5.74) is 5.06. The maximum Gasteiger partial charge on any atom is 0.239 e. The topological polar surface area (TPSA) is 64.9 Å². The van der Waals surface area contributed by atoms with Gasteiger partial charge in [-0.05, 0) is 36.6 Å². The van der Waals surface area contributed by atoms with Gasteiger partial charge < -0.3 is 10.6 Å². The number of aryl methyl sites for hydroxylation is 2. The van der Waals surface area contributed by atoms with Crippen molar-refractivity contribution in [2.24, 2.45) is 0 Å². The number of carbonyl (C=O) groups is 1. The summed E-state index contributed by atoms with van der Waals surface area (Å²) in [7, 11) is 0. The van der Waals surface area contributed by atoms with Gasteiger partial charge in [0.15, 0.2) is 0 Å². The summed E-state index contributed by atoms with van der Waals surface area (Å²) < 4.78 is 0. The summed E-state index contributed by atoms with van der Waals surface area (Å²) in [6.07, 6.45) is 0. The second-order valence-corrected chi connectivity index (χ2v) is 6.90. The molecule has 25 heavy (non-hydrogen) atoms. The van der Waals surface area contributed by atoms with E-state index in [-0.39, 0.29) is 12.5 Å². The number of rotatable bonds is 8. The van der Waals surface area contributed by atoms with E-state index in [1.807, 2.05) is 56.3 Å². The molecule has 0 bridgehead atoms. The van der Waals surface area contributed by atoms with Crippen LogP contribution in [0.15, 0.2) is 42.5 Å². The Morgan fingerprint density at radius 1 is 1.12 bits per heavy atom. The van der Waals surface area contributed by atoms with Crippen LogP contribution in [0.2, 0.25) is 0 Å². The van der Waals surface area contributed by atoms with Crippen molar-refractivity contribution >= 4 is 23.4 Å². The third-order valence-corrected chi connectivity index (χ3v) is 4.88. The van der Waals surface area contributed by atoms with E-state index in [1.54, 1.807) is 11.8 Å². The summed E-state index contributed by atoms with van der Waals surface area (Å²) in [6.45, 7) is 4.95. The first kappa shape index (κ1) is 18.9. The fourth-order valence-corrected chi connectivity index (χ4v) is 3.39. The first-order valence-electron chi connectivity index (χ1n) is 8.24. The molecule has 2 aromatic rings. The Morgan fingerprint density at radius 2 is 1.84 bits per heavy atom. The molecular weight excluding hydrogens is 330 g/mol. The largest absolute Gasteiger partial charge is 0.376 e. The lowest BCUT2D eigenvalue weighted by Gasteiger charge is -2.12. The van der Waals surface area contributed by atoms with Crippen molar-refractivity contribution in [2.75, 3.05) is 24.2 Å². The zero-order valence-electron chi connectivity index (χ0n) is 14.6. The molecule has 2 aromatic carbocycles. The highest BCUT2D eigenvalue weighted by Crippen LogP contribution is 2.19. The minimum absolute atomic E-state index is 0.0133. The van der Waals surface area contributed by atoms with Crippen molar-refractivity contribution < 1.29 is 4.79 Å². The zero-order chi connectivity index (χ0) is 18.1. The molecule has 2 rings (SSSR count). The van der Waals surface area contributed by atoms with Crippen LogP contribution >= 0.6 is 11.8 Å². The highest BCUT2D eigenvalue weighted by Gasteiger charge is 2.05. The number of benzene rings is 2. The van der Waals surface area contributed by atoms with E-state index < -0.39 is 0 Å². The van der Waals surface area contributed by atoms with Crippen LogP contribution in [0.5, 0.6) is 0 Å². The number of carbonyl (C=O) groups excluding carboxylic acids is 1. The third-order valence-electron chi connectivity index (χ3n) is 3.87. The van der Waals surface area contributed by atoms with Crippen molar-refractivity contribution in [3.8, 4) is 6.07 Å². The first-order valence-corrected chi connectivity index (χ1v) is 9.40. The van der Waals surface area contributed by atoms with Crippen molar-refractivity contribution in [2.45, 2.75) is 19.6 Å². The molecule has 2 N–H and O–H groups in total. The fraction of sp³-hybridized carbons (Fsp3) is 0.300. The Balaban J connectivity index is 1.67. The van der Waals surface area contributed by atoms with Crippen LogP contribution in [0, 0.1) is 25.2 Å². The molecule has 0 atom stereocenters. The maximum absolute atomic E-state index is 11.9. The molecule has 5 heteroatoms. The summed E-state index contributed by atoms with van der Waals surface area (Å²) in [4.78, 5) is 11.9. The van der Waals surface area contributed by atoms with Crippen LogP contribution in [0.1, 0.15) is 22.3 Å². The number of amides is 1. The van der Waals surface area contributed by atoms with Gasteiger partial charge >= 0.3 is 0 Å². The second-order valence-electron chi connectivity index (χ2n) is 5.79. The molecule has 0 aliphatic carbocycles. The molecule has 0 unspecified atom stereocenters. The van der Waals surface area contributed by atoms with Gasteiger partial charge in [0.2, 0.25) is 5.91 Å². The standard InChI is InChI=1S/C20H23N3OS/c1-15-6-5-7-16(2)20(15)23-13-19(24)22-10-11-25-14-18-9-4-3-8-17(18)12-21/h3-9,23H,10-11,13-14H2,1-2H3,(H,22,24). The van der Waals surface area contributed by atoms with Gasteiger partial charge in [-0.1, -0.05) is 36.4 Å². The molecule has 0 saturated carbocycles. The van der Waals surface area contributed by atoms with E-state index in [2.05, 4.69) is 16.7 Å². The van der Waals surface area contributed by atoms with E-state index in [0.29, 0.717) is 6.54 Å². The van der Waals surface area contributed by atoms with Gasteiger partial charge in [0.25, 0.3) is 0 Å². The molecule has 0 aliphatic heterocycles. The number of nitrogens with one attached hydrogen (secondary N) is 2. The highest BCUT2D eigenvalue weighted by molar-refractivity contribution is 7.98. The maximum atomic E-state index is 11.9. The molecule has 0 spiro atoms. The van der Waals surface area contributed by atoms with Gasteiger partial charge in [-0.2, -0.15) is 17.0 Å². The molecule has 0 radical (unpaired) electrons. The minimum atomic E-state index is -0.0133. The molecule has 1 amide bonds. The summed E-state index contributed by atoms with van der Waals surface area (Å²) >= 11 is 1.71. The lowest BCUT2D eigenvalue weighted by molar-refractivity contribution is -0.119. The second kappa shape index (κ2) is 9.75. The van der Waals surface area contributed by atoms with Gasteiger partial charge in [0, 0.05) is 23.7 Å². The van der Waals surface area contributed by atoms with Crippen LogP contribution in [-0.2, 0) is 10.5 Å². The van der Waals surface area contributed by atoms with E-state index in [1.165, 1.54) is 0 Å². The Labute approximate surface area is 153 Å². The quantitative estimate of drug-likeness (QED) is 0.711. The van der Waals surface area contributed by atoms with E-state index >= 15 is 0 Å². The Morgan fingerprint density at radius 3 is 2.56 bits per heavy atom. The van der Waals surface area contributed by atoms with Gasteiger partial charge in [-0.25, -0.2) is 0 Å². The van der Waals surface area contributed by atoms with Crippen LogP contribution < -0.4 is 10.6 Å². The number of anilines is 1. The summed E-state index contributed by atoms with van der Waals surface area (Å²) in [5, 5.41) is 15.2. The highest BCUT2D eigenvalue weighted by atomic mass is 32.2. The third kappa shape index (κ3) is 5.84. The van der Waals surface area contributed by atoms with Crippen molar-refractivity contribution in [3.05, 3.63) is 64.7 Å². The average Bonchev–Trinajstić information content (AvgIpc) is 2.61. The first-order chi connectivity index (χ1) is 12.1. The lowest BCUT2D eigenvalue weighted by Crippen LogP contribution is -2.31. The summed E-state index contributed by atoms with van der Waals surface area (Å²) in [5.74, 6) is 1.58. The van der Waals surface area contributed by atoms with Crippen molar-refractivity contribution in [3.63, 3.8) is 0 Å². The SMILES string of the molecule is Cc1cccc(C)c1NCC(=O)NCCSCc1ccccc1C#N. The molecule has 130 valence electrons. The monoisotopic (exact) mass is 353 g/mol. The van der Waals surface area contributed by atoms with Gasteiger partial charge in [-0.15, -0.1) is 0 Å². The van der Waals surface area contributed by atoms with E-state index in [9.17, 15) is 4.79 Å². The van der Waals surface area contributed by atoms with Crippen LogP contribution in [0.25, 0.3) is 0 Å². The number of thioether (sulfide) groups is 1. The Hall–Kier alpha value is -2.45. The molecule has 0 aliphatic rings. The predicted molar refractivity (Wildman–Crippen MR) is 105 cm³/mol. The molecule has 0 fully saturated rings. The molecule has 4 nitrogen and oxygen atoms in total. The smallest absolute Gasteiger partial charge is 0.239 e. The number of nitrogens with zero attached hydrogens (tertiary/aromatic N) is 1. The van der Waals surface area contributed by atoms with Crippen molar-refractivity contribution in [1.29, 1.82) is 5.26 Å². The molecule has 0 aromatic heterocycles. The van der Waals surface area contributed by atoms with Gasteiger partial charge in [-0.3, -0.25) is 4.79 Å². The van der Waals surface area contributed by atoms with Crippen molar-refractivity contribution in [1.82, 2.24) is 5.32 Å². The number of hydrogen-bond acceptors (Lipinski definition) is 4. The lowest BCUT2D eigenvalue weighted by atomic mass is 10.1. The van der Waals surface area contributed by atoms with Gasteiger partial charge in [0.1, 0.15) is 0 Å². The van der Waals surface area contributed by atoms with Crippen LogP contribution in [0.4, 0.5) is 5.69 Å². The Kier molecular flexibility index (Phi) is 7.36. The van der Waals surface area contributed by atoms with Crippen LogP contribution in [-0.4, -0.2) is 24.7 Å². The molecular formula is C20H23N3OS. The Bertz CT molecular complexity index is 748. The minimum Gasteiger partial charge on any atom is -0.376 e.